The van der Waals surface area contributed by atoms with Crippen LogP contribution in [0.15, 0.2) is 13.8 Å². The molecule has 20 heavy (non-hydrogen) atoms. The summed E-state index contributed by atoms with van der Waals surface area (Å²) < 4.78 is 7.84. The van der Waals surface area contributed by atoms with Gasteiger partial charge < -0.3 is 4.18 Å². The van der Waals surface area contributed by atoms with Crippen LogP contribution in [0.5, 0.6) is 0 Å². The van der Waals surface area contributed by atoms with E-state index in [1.165, 1.54) is 42.6 Å². The van der Waals surface area contributed by atoms with E-state index >= 15 is 0 Å². The van der Waals surface area contributed by atoms with Crippen molar-refractivity contribution in [1.29, 1.82) is 0 Å². The predicted molar refractivity (Wildman–Crippen MR) is 97.0 cm³/mol. The number of hydrogen-bond acceptors (Lipinski definition) is 2. The molecule has 0 radical (unpaired) electrons. The van der Waals surface area contributed by atoms with E-state index in [0.29, 0.717) is 17.8 Å². The fourth-order valence-corrected chi connectivity index (χ4v) is 6.62. The van der Waals surface area contributed by atoms with E-state index < -0.39 is 0 Å². The average Bonchev–Trinajstić information content (AvgIpc) is 2.26. The summed E-state index contributed by atoms with van der Waals surface area (Å²) in [6, 6.07) is 0. The molecule has 1 aromatic carbocycles. The second kappa shape index (κ2) is 7.66. The Labute approximate surface area is 144 Å². The molecular formula is C16H24Br2OS. The molecule has 0 aromatic heterocycles. The first-order chi connectivity index (χ1) is 9.23. The standard InChI is InChI=1S/C16H24Br2OS/c1-8(2)11-14(17)12(9(3)4)16(20-19-7)13(10(5)6)15(11)18/h8-10H,1-7H3. The Morgan fingerprint density at radius 1 is 0.750 bits per heavy atom. The molecule has 0 unspecified atom stereocenters. The van der Waals surface area contributed by atoms with Crippen molar-refractivity contribution in [3.05, 3.63) is 25.6 Å². The minimum absolute atomic E-state index is 0.449. The molecule has 1 rings (SSSR count). The maximum absolute atomic E-state index is 5.39. The molecule has 0 bridgehead atoms. The summed E-state index contributed by atoms with van der Waals surface area (Å²) in [7, 11) is 1.73. The van der Waals surface area contributed by atoms with Crippen LogP contribution >= 0.6 is 43.9 Å². The van der Waals surface area contributed by atoms with Crippen LogP contribution in [-0.2, 0) is 4.18 Å². The van der Waals surface area contributed by atoms with E-state index in [-0.39, 0.29) is 0 Å². The van der Waals surface area contributed by atoms with Gasteiger partial charge >= 0.3 is 0 Å². The largest absolute Gasteiger partial charge is 0.314 e. The molecule has 0 aliphatic heterocycles. The third-order valence-electron chi connectivity index (χ3n) is 3.33. The van der Waals surface area contributed by atoms with Crippen molar-refractivity contribution in [3.63, 3.8) is 0 Å². The van der Waals surface area contributed by atoms with E-state index in [4.69, 9.17) is 4.18 Å². The molecule has 0 N–H and O–H groups in total. The SMILES string of the molecule is COSc1c(C(C)C)c(Br)c(C(C)C)c(Br)c1C(C)C. The van der Waals surface area contributed by atoms with E-state index in [1.54, 1.807) is 7.11 Å². The van der Waals surface area contributed by atoms with Crippen LogP contribution < -0.4 is 0 Å². The van der Waals surface area contributed by atoms with Gasteiger partial charge in [-0.25, -0.2) is 0 Å². The number of hydrogen-bond donors (Lipinski definition) is 0. The molecule has 1 aromatic rings. The summed E-state index contributed by atoms with van der Waals surface area (Å²) in [5, 5.41) is 0. The van der Waals surface area contributed by atoms with Gasteiger partial charge in [0, 0.05) is 25.9 Å². The predicted octanol–water partition coefficient (Wildman–Crippen LogP) is 7.24. The zero-order valence-electron chi connectivity index (χ0n) is 13.3. The highest BCUT2D eigenvalue weighted by molar-refractivity contribution is 9.11. The van der Waals surface area contributed by atoms with Gasteiger partial charge in [0.1, 0.15) is 0 Å². The van der Waals surface area contributed by atoms with Crippen molar-refractivity contribution in [2.24, 2.45) is 0 Å². The van der Waals surface area contributed by atoms with Gasteiger partial charge in [0.2, 0.25) is 0 Å². The van der Waals surface area contributed by atoms with Crippen LogP contribution in [0, 0.1) is 0 Å². The number of halogens is 2. The molecule has 0 heterocycles. The monoisotopic (exact) mass is 422 g/mol. The van der Waals surface area contributed by atoms with Gasteiger partial charge in [-0.2, -0.15) is 0 Å². The first-order valence-electron chi connectivity index (χ1n) is 6.99. The Kier molecular flexibility index (Phi) is 7.10. The first kappa shape index (κ1) is 18.5. The van der Waals surface area contributed by atoms with Gasteiger partial charge in [-0.05, 0) is 34.4 Å². The minimum Gasteiger partial charge on any atom is -0.314 e. The highest BCUT2D eigenvalue weighted by Crippen LogP contribution is 2.48. The van der Waals surface area contributed by atoms with Gasteiger partial charge in [-0.15, -0.1) is 0 Å². The van der Waals surface area contributed by atoms with Crippen LogP contribution in [0.1, 0.15) is 76.0 Å². The average molecular weight is 424 g/mol. The van der Waals surface area contributed by atoms with Gasteiger partial charge in [-0.3, -0.25) is 0 Å². The Balaban J connectivity index is 3.80. The fraction of sp³-hybridized carbons (Fsp3) is 0.625. The van der Waals surface area contributed by atoms with Crippen molar-refractivity contribution in [2.75, 3.05) is 7.11 Å². The lowest BCUT2D eigenvalue weighted by Crippen LogP contribution is -2.07. The van der Waals surface area contributed by atoms with Crippen molar-refractivity contribution >= 4 is 43.9 Å². The van der Waals surface area contributed by atoms with Crippen molar-refractivity contribution < 1.29 is 4.18 Å². The third-order valence-corrected chi connectivity index (χ3v) is 5.82. The summed E-state index contributed by atoms with van der Waals surface area (Å²) in [4.78, 5) is 1.25. The Morgan fingerprint density at radius 2 is 1.10 bits per heavy atom. The summed E-state index contributed by atoms with van der Waals surface area (Å²) in [5.74, 6) is 1.37. The third kappa shape index (κ3) is 3.63. The van der Waals surface area contributed by atoms with Gasteiger partial charge in [0.25, 0.3) is 0 Å². The first-order valence-corrected chi connectivity index (χ1v) is 9.31. The van der Waals surface area contributed by atoms with Crippen LogP contribution in [0.3, 0.4) is 0 Å². The van der Waals surface area contributed by atoms with Crippen molar-refractivity contribution in [2.45, 2.75) is 64.2 Å². The van der Waals surface area contributed by atoms with E-state index in [9.17, 15) is 0 Å². The summed E-state index contributed by atoms with van der Waals surface area (Å²) in [5.41, 5.74) is 4.07. The van der Waals surface area contributed by atoms with Crippen LogP contribution in [0.4, 0.5) is 0 Å². The van der Waals surface area contributed by atoms with Crippen molar-refractivity contribution in [3.8, 4) is 0 Å². The highest BCUT2D eigenvalue weighted by atomic mass is 79.9. The zero-order chi connectivity index (χ0) is 15.6. The molecule has 0 aliphatic rings. The Hall–Kier alpha value is 0.490. The van der Waals surface area contributed by atoms with E-state index in [2.05, 4.69) is 73.4 Å². The second-order valence-electron chi connectivity index (χ2n) is 5.91. The van der Waals surface area contributed by atoms with Gasteiger partial charge in [0.15, 0.2) is 0 Å². The summed E-state index contributed by atoms with van der Waals surface area (Å²) in [6.07, 6.45) is 0. The second-order valence-corrected chi connectivity index (χ2v) is 8.41. The topological polar surface area (TPSA) is 9.23 Å². The quantitative estimate of drug-likeness (QED) is 0.461. The molecule has 1 nitrogen and oxygen atoms in total. The lowest BCUT2D eigenvalue weighted by Gasteiger charge is -2.26. The molecule has 0 fully saturated rings. The molecule has 0 spiro atoms. The van der Waals surface area contributed by atoms with Crippen molar-refractivity contribution in [1.82, 2.24) is 0 Å². The zero-order valence-corrected chi connectivity index (χ0v) is 17.3. The maximum atomic E-state index is 5.39. The summed E-state index contributed by atoms with van der Waals surface area (Å²) >= 11 is 9.15. The normalized spacial score (nSPS) is 12.0. The molecular weight excluding hydrogens is 400 g/mol. The molecule has 0 atom stereocenters. The fourth-order valence-electron chi connectivity index (χ4n) is 2.44. The van der Waals surface area contributed by atoms with Gasteiger partial charge in [0.05, 0.1) is 7.11 Å². The molecule has 0 saturated heterocycles. The van der Waals surface area contributed by atoms with E-state index in [0.717, 1.165) is 0 Å². The maximum Gasteiger partial charge on any atom is 0.0508 e. The molecule has 0 amide bonds. The lowest BCUT2D eigenvalue weighted by molar-refractivity contribution is 0.488. The van der Waals surface area contributed by atoms with Crippen LogP contribution in [-0.4, -0.2) is 7.11 Å². The molecule has 4 heteroatoms. The Bertz CT molecular complexity index is 447. The minimum atomic E-state index is 0.449. The molecule has 0 saturated carbocycles. The number of benzene rings is 1. The molecule has 114 valence electrons. The molecule has 0 aliphatic carbocycles. The highest BCUT2D eigenvalue weighted by Gasteiger charge is 2.26. The lowest BCUT2D eigenvalue weighted by atomic mass is 9.89. The van der Waals surface area contributed by atoms with Gasteiger partial charge in [-0.1, -0.05) is 73.4 Å². The smallest absolute Gasteiger partial charge is 0.0508 e. The number of rotatable bonds is 5. The van der Waals surface area contributed by atoms with E-state index in [1.807, 2.05) is 0 Å². The van der Waals surface area contributed by atoms with Crippen LogP contribution in [0.2, 0.25) is 0 Å². The summed E-state index contributed by atoms with van der Waals surface area (Å²) in [6.45, 7) is 13.4. The van der Waals surface area contributed by atoms with Crippen LogP contribution in [0.25, 0.3) is 0 Å². The Morgan fingerprint density at radius 3 is 1.35 bits per heavy atom.